The zero-order chi connectivity index (χ0) is 30.2. The zero-order valence-electron chi connectivity index (χ0n) is 23.7. The van der Waals surface area contributed by atoms with Crippen LogP contribution in [0.4, 0.5) is 10.5 Å². The number of fused-ring (bicyclic) bond motifs is 1. The van der Waals surface area contributed by atoms with Gasteiger partial charge in [0, 0.05) is 27.2 Å². The van der Waals surface area contributed by atoms with E-state index in [1.54, 1.807) is 51.1 Å². The molecule has 2 aromatic carbocycles. The Morgan fingerprint density at radius 1 is 1.07 bits per heavy atom. The number of hydrogen-bond donors (Lipinski definition) is 4. The van der Waals surface area contributed by atoms with Crippen molar-refractivity contribution in [2.45, 2.75) is 75.6 Å². The summed E-state index contributed by atoms with van der Waals surface area (Å²) in [4.78, 5) is 54.3. The summed E-state index contributed by atoms with van der Waals surface area (Å²) in [6.07, 6.45) is 1.92. The lowest BCUT2D eigenvalue weighted by molar-refractivity contribution is -0.148. The predicted octanol–water partition coefficient (Wildman–Crippen LogP) is 4.18. The van der Waals surface area contributed by atoms with E-state index >= 15 is 0 Å². The number of nitrogens with zero attached hydrogens (tertiary/aromatic N) is 1. The maximum Gasteiger partial charge on any atom is 0.408 e. The largest absolute Gasteiger partial charge is 0.444 e. The average molecular weight is 615 g/mol. The Morgan fingerprint density at radius 2 is 1.76 bits per heavy atom. The van der Waals surface area contributed by atoms with E-state index in [1.807, 2.05) is 12.1 Å². The van der Waals surface area contributed by atoms with Gasteiger partial charge in [-0.15, -0.1) is 11.8 Å². The molecule has 5 rings (SSSR count). The lowest BCUT2D eigenvalue weighted by Gasteiger charge is -2.55. The third-order valence-electron chi connectivity index (χ3n) is 7.79. The smallest absolute Gasteiger partial charge is 0.408 e. The van der Waals surface area contributed by atoms with Crippen molar-refractivity contribution in [1.82, 2.24) is 16.2 Å². The molecule has 0 aromatic heterocycles. The second kappa shape index (κ2) is 11.8. The van der Waals surface area contributed by atoms with Gasteiger partial charge in [0.15, 0.2) is 0 Å². The number of aliphatic hydroxyl groups is 1. The van der Waals surface area contributed by atoms with Gasteiger partial charge < -0.3 is 20.1 Å². The van der Waals surface area contributed by atoms with Crippen LogP contribution in [-0.2, 0) is 20.9 Å². The number of thioether (sulfide) groups is 1. The van der Waals surface area contributed by atoms with Crippen LogP contribution in [0.5, 0.6) is 0 Å². The first kappa shape index (κ1) is 30.2. The second-order valence-corrected chi connectivity index (χ2v) is 13.9. The first-order valence-electron chi connectivity index (χ1n) is 13.9. The van der Waals surface area contributed by atoms with Crippen LogP contribution in [0.1, 0.15) is 62.4 Å². The summed E-state index contributed by atoms with van der Waals surface area (Å²) >= 11 is 7.45. The highest BCUT2D eigenvalue weighted by Gasteiger charge is 2.54. The zero-order valence-corrected chi connectivity index (χ0v) is 25.3. The maximum absolute atomic E-state index is 13.8. The van der Waals surface area contributed by atoms with Crippen molar-refractivity contribution in [3.8, 4) is 0 Å². The number of ether oxygens (including phenoxy) is 1. The fraction of sp³-hybridized carbons (Fsp3) is 0.467. The summed E-state index contributed by atoms with van der Waals surface area (Å²) in [6.45, 7) is 5.42. The highest BCUT2D eigenvalue weighted by Crippen LogP contribution is 2.58. The molecule has 0 unspecified atom stereocenters. The van der Waals surface area contributed by atoms with E-state index in [-0.39, 0.29) is 47.1 Å². The molecule has 12 heteroatoms. The topological polar surface area (TPSA) is 137 Å². The monoisotopic (exact) mass is 614 g/mol. The molecule has 42 heavy (non-hydrogen) atoms. The lowest BCUT2D eigenvalue weighted by Crippen LogP contribution is -2.55. The highest BCUT2D eigenvalue weighted by molar-refractivity contribution is 7.99. The number of benzene rings is 2. The van der Waals surface area contributed by atoms with Crippen molar-refractivity contribution in [2.24, 2.45) is 11.3 Å². The Balaban J connectivity index is 1.31. The van der Waals surface area contributed by atoms with Gasteiger partial charge in [0.1, 0.15) is 11.6 Å². The van der Waals surface area contributed by atoms with Gasteiger partial charge in [0.2, 0.25) is 5.91 Å². The minimum atomic E-state index is -0.872. The Hall–Kier alpha value is -3.28. The number of halogens is 1. The van der Waals surface area contributed by atoms with Gasteiger partial charge in [-0.2, -0.15) is 0 Å². The van der Waals surface area contributed by atoms with Crippen molar-refractivity contribution in [2.75, 3.05) is 10.7 Å². The average Bonchev–Trinajstić information content (AvgIpc) is 3.00. The summed E-state index contributed by atoms with van der Waals surface area (Å²) in [6, 6.07) is 11.2. The molecule has 2 aliphatic carbocycles. The van der Waals surface area contributed by atoms with Crippen LogP contribution in [0.3, 0.4) is 0 Å². The molecule has 2 aromatic rings. The number of anilines is 1. The molecular weight excluding hydrogens is 580 g/mol. The molecule has 2 fully saturated rings. The first-order chi connectivity index (χ1) is 19.8. The summed E-state index contributed by atoms with van der Waals surface area (Å²) in [5.41, 5.74) is 5.95. The molecule has 224 valence electrons. The highest BCUT2D eigenvalue weighted by atomic mass is 35.5. The standard InChI is InChI=1S/C30H35ClN4O6S/c1-29(2,3)41-28(40)32-22-16-42-24-9-6-18(10-23(24)35(27(22)39)15-17-4-7-20(31)8-5-17)25(37)33-34-26(38)19-11-30(12-19)13-21(36)14-30/h4-10,19,21-22,36H,11-16H2,1-3H3,(H,32,40)(H,33,37)(H,34,38)/t19?,21?,22-,30?/m0/s1. The number of hydrogen-bond acceptors (Lipinski definition) is 7. The fourth-order valence-corrected chi connectivity index (χ4v) is 6.95. The summed E-state index contributed by atoms with van der Waals surface area (Å²) in [5, 5.41) is 12.8. The van der Waals surface area contributed by atoms with Crippen molar-refractivity contribution in [3.63, 3.8) is 0 Å². The first-order valence-corrected chi connectivity index (χ1v) is 15.3. The Kier molecular flexibility index (Phi) is 8.46. The van der Waals surface area contributed by atoms with Crippen molar-refractivity contribution >= 4 is 52.9 Å². The van der Waals surface area contributed by atoms with Crippen molar-refractivity contribution < 1.29 is 29.0 Å². The molecule has 1 heterocycles. The maximum atomic E-state index is 13.8. The molecule has 2 saturated carbocycles. The van der Waals surface area contributed by atoms with Crippen molar-refractivity contribution in [1.29, 1.82) is 0 Å². The van der Waals surface area contributed by atoms with Crippen LogP contribution in [-0.4, -0.2) is 52.4 Å². The van der Waals surface area contributed by atoms with Gasteiger partial charge in [0.05, 0.1) is 18.3 Å². The molecule has 10 nitrogen and oxygen atoms in total. The molecule has 0 radical (unpaired) electrons. The third kappa shape index (κ3) is 6.85. The minimum Gasteiger partial charge on any atom is -0.444 e. The van der Waals surface area contributed by atoms with Crippen LogP contribution in [0, 0.1) is 11.3 Å². The number of nitrogens with one attached hydrogen (secondary N) is 3. The van der Waals surface area contributed by atoms with Gasteiger partial charge >= 0.3 is 6.09 Å². The van der Waals surface area contributed by atoms with Crippen LogP contribution in [0.2, 0.25) is 5.02 Å². The molecule has 1 spiro atoms. The van der Waals surface area contributed by atoms with Gasteiger partial charge in [-0.05, 0) is 87.8 Å². The predicted molar refractivity (Wildman–Crippen MR) is 159 cm³/mol. The summed E-state index contributed by atoms with van der Waals surface area (Å²) in [7, 11) is 0. The summed E-state index contributed by atoms with van der Waals surface area (Å²) < 4.78 is 5.38. The molecule has 3 aliphatic rings. The number of carbonyl (C=O) groups is 4. The van der Waals surface area contributed by atoms with Crippen LogP contribution < -0.4 is 21.1 Å². The van der Waals surface area contributed by atoms with Crippen LogP contribution >= 0.6 is 23.4 Å². The Morgan fingerprint density at radius 3 is 2.40 bits per heavy atom. The number of rotatable bonds is 5. The number of hydrazine groups is 1. The van der Waals surface area contributed by atoms with Crippen LogP contribution in [0.25, 0.3) is 0 Å². The van der Waals surface area contributed by atoms with E-state index in [1.165, 1.54) is 16.7 Å². The lowest BCUT2D eigenvalue weighted by atomic mass is 9.50. The molecular formula is C30H35ClN4O6S. The molecule has 1 atom stereocenters. The van der Waals surface area contributed by atoms with Gasteiger partial charge in [-0.3, -0.25) is 25.2 Å². The van der Waals surface area contributed by atoms with Crippen LogP contribution in [0.15, 0.2) is 47.4 Å². The SMILES string of the molecule is CC(C)(C)OC(=O)N[C@H]1CSc2ccc(C(=O)NNC(=O)C3CC4(CC(O)C4)C3)cc2N(Cc2ccc(Cl)cc2)C1=O. The van der Waals surface area contributed by atoms with E-state index in [4.69, 9.17) is 16.3 Å². The van der Waals surface area contributed by atoms with Crippen molar-refractivity contribution in [3.05, 3.63) is 58.6 Å². The van der Waals surface area contributed by atoms with E-state index in [9.17, 15) is 24.3 Å². The minimum absolute atomic E-state index is 0.0797. The van der Waals surface area contributed by atoms with E-state index in [0.717, 1.165) is 23.3 Å². The number of aliphatic hydroxyl groups excluding tert-OH is 1. The normalized spacial score (nSPS) is 24.9. The van der Waals surface area contributed by atoms with E-state index < -0.39 is 23.6 Å². The molecule has 0 saturated heterocycles. The number of amides is 4. The molecule has 4 N–H and O–H groups in total. The second-order valence-electron chi connectivity index (χ2n) is 12.4. The Labute approximate surface area is 253 Å². The van der Waals surface area contributed by atoms with E-state index in [0.29, 0.717) is 23.6 Å². The fourth-order valence-electron chi connectivity index (χ4n) is 5.77. The molecule has 4 amide bonds. The number of alkyl carbamates (subject to hydrolysis) is 1. The third-order valence-corrected chi connectivity index (χ3v) is 9.20. The Bertz CT molecular complexity index is 1380. The van der Waals surface area contributed by atoms with Gasteiger partial charge in [-0.25, -0.2) is 4.79 Å². The number of carbonyl (C=O) groups excluding carboxylic acids is 4. The molecule has 1 aliphatic heterocycles. The quantitative estimate of drug-likeness (QED) is 0.371. The van der Waals surface area contributed by atoms with E-state index in [2.05, 4.69) is 16.2 Å². The van der Waals surface area contributed by atoms with Gasteiger partial charge in [-0.1, -0.05) is 23.7 Å². The van der Waals surface area contributed by atoms with Gasteiger partial charge in [0.25, 0.3) is 11.8 Å². The summed E-state index contributed by atoms with van der Waals surface area (Å²) in [5.74, 6) is -1.05. The molecule has 0 bridgehead atoms.